The van der Waals surface area contributed by atoms with E-state index in [-0.39, 0.29) is 5.91 Å². The number of rotatable bonds is 4. The molecule has 0 aliphatic carbocycles. The summed E-state index contributed by atoms with van der Waals surface area (Å²) in [6.07, 6.45) is 1.33. The number of likely N-dealkylation sites (N-methyl/N-ethyl adjacent to an activating group) is 1. The highest BCUT2D eigenvalue weighted by Crippen LogP contribution is 2.22. The molecular formula is C15H15NOS. The second-order valence-electron chi connectivity index (χ2n) is 4.11. The Balaban J connectivity index is 2.09. The number of carbonyl (C=O) groups excluding carboxylic acids is 1. The zero-order valence-corrected chi connectivity index (χ0v) is 11.1. The first-order valence-electron chi connectivity index (χ1n) is 5.70. The number of amides is 1. The maximum absolute atomic E-state index is 11.4. The van der Waals surface area contributed by atoms with E-state index in [1.807, 2.05) is 0 Å². The molecule has 0 saturated heterocycles. The van der Waals surface area contributed by atoms with Gasteiger partial charge in [-0.3, -0.25) is 4.79 Å². The summed E-state index contributed by atoms with van der Waals surface area (Å²) in [5.74, 6) is -0.0584. The lowest BCUT2D eigenvalue weighted by Crippen LogP contribution is -2.23. The Hall–Kier alpha value is -1.87. The van der Waals surface area contributed by atoms with Gasteiger partial charge in [0.05, 0.1) is 0 Å². The molecule has 0 aliphatic rings. The molecular weight excluding hydrogens is 242 g/mol. The number of thiophene rings is 1. The van der Waals surface area contributed by atoms with Crippen LogP contribution in [0.25, 0.3) is 11.1 Å². The topological polar surface area (TPSA) is 20.3 Å². The molecule has 1 amide bonds. The van der Waals surface area contributed by atoms with Crippen LogP contribution >= 0.6 is 11.3 Å². The minimum absolute atomic E-state index is 0.0584. The molecule has 1 aromatic carbocycles. The lowest BCUT2D eigenvalue weighted by Gasteiger charge is -2.15. The van der Waals surface area contributed by atoms with Crippen LogP contribution in [0.5, 0.6) is 0 Å². The Bertz CT molecular complexity index is 528. The Kier molecular flexibility index (Phi) is 3.95. The second kappa shape index (κ2) is 5.65. The number of benzene rings is 1. The van der Waals surface area contributed by atoms with Crippen molar-refractivity contribution >= 4 is 17.2 Å². The third-order valence-electron chi connectivity index (χ3n) is 2.78. The monoisotopic (exact) mass is 257 g/mol. The molecule has 0 atom stereocenters. The van der Waals surface area contributed by atoms with Gasteiger partial charge in [0.1, 0.15) is 0 Å². The van der Waals surface area contributed by atoms with E-state index in [9.17, 15) is 4.79 Å². The molecule has 0 unspecified atom stereocenters. The zero-order valence-electron chi connectivity index (χ0n) is 10.3. The van der Waals surface area contributed by atoms with E-state index in [1.165, 1.54) is 17.2 Å². The molecule has 1 heterocycles. The average Bonchev–Trinajstić information content (AvgIpc) is 2.92. The Labute approximate surface area is 111 Å². The molecule has 0 aliphatic heterocycles. The van der Waals surface area contributed by atoms with Gasteiger partial charge in [-0.1, -0.05) is 30.8 Å². The van der Waals surface area contributed by atoms with Crippen LogP contribution in [0.2, 0.25) is 0 Å². The number of hydrogen-bond acceptors (Lipinski definition) is 2. The minimum atomic E-state index is -0.0584. The van der Waals surface area contributed by atoms with E-state index in [0.717, 1.165) is 5.56 Å². The van der Waals surface area contributed by atoms with E-state index in [1.54, 1.807) is 23.3 Å². The van der Waals surface area contributed by atoms with Crippen LogP contribution in [0.1, 0.15) is 5.56 Å². The summed E-state index contributed by atoms with van der Waals surface area (Å²) in [5.41, 5.74) is 3.56. The fraction of sp³-hybridized carbons (Fsp3) is 0.133. The predicted octanol–water partition coefficient (Wildman–Crippen LogP) is 3.56. The molecule has 0 spiro atoms. The fourth-order valence-electron chi connectivity index (χ4n) is 1.74. The third kappa shape index (κ3) is 2.87. The number of carbonyl (C=O) groups is 1. The zero-order chi connectivity index (χ0) is 13.0. The first-order valence-corrected chi connectivity index (χ1v) is 6.64. The van der Waals surface area contributed by atoms with Gasteiger partial charge in [-0.25, -0.2) is 0 Å². The Morgan fingerprint density at radius 2 is 2.00 bits per heavy atom. The van der Waals surface area contributed by atoms with Gasteiger partial charge in [-0.05, 0) is 39.6 Å². The summed E-state index contributed by atoms with van der Waals surface area (Å²) in [6.45, 7) is 4.09. The number of nitrogens with zero attached hydrogens (tertiary/aromatic N) is 1. The standard InChI is InChI=1S/C15H15NOS/c1-3-15(17)16(2)10-12-4-6-13(7-5-12)14-8-9-18-11-14/h3-9,11H,1,10H2,2H3. The molecule has 2 nitrogen and oxygen atoms in total. The maximum Gasteiger partial charge on any atom is 0.245 e. The van der Waals surface area contributed by atoms with Crippen molar-refractivity contribution < 1.29 is 4.79 Å². The second-order valence-corrected chi connectivity index (χ2v) is 4.89. The molecule has 0 saturated carbocycles. The van der Waals surface area contributed by atoms with E-state index >= 15 is 0 Å². The van der Waals surface area contributed by atoms with Gasteiger partial charge in [0.25, 0.3) is 0 Å². The van der Waals surface area contributed by atoms with Crippen LogP contribution in [0, 0.1) is 0 Å². The molecule has 0 fully saturated rings. The number of hydrogen-bond donors (Lipinski definition) is 0. The van der Waals surface area contributed by atoms with Crippen molar-refractivity contribution in [3.63, 3.8) is 0 Å². The van der Waals surface area contributed by atoms with Crippen molar-refractivity contribution in [2.24, 2.45) is 0 Å². The van der Waals surface area contributed by atoms with Gasteiger partial charge in [-0.2, -0.15) is 11.3 Å². The molecule has 0 N–H and O–H groups in total. The van der Waals surface area contributed by atoms with Gasteiger partial charge in [0, 0.05) is 13.6 Å². The van der Waals surface area contributed by atoms with Crippen molar-refractivity contribution in [1.29, 1.82) is 0 Å². The maximum atomic E-state index is 11.4. The molecule has 92 valence electrons. The van der Waals surface area contributed by atoms with Gasteiger partial charge < -0.3 is 4.90 Å². The fourth-order valence-corrected chi connectivity index (χ4v) is 2.40. The van der Waals surface area contributed by atoms with E-state index in [2.05, 4.69) is 47.7 Å². The molecule has 1 aromatic heterocycles. The molecule has 3 heteroatoms. The van der Waals surface area contributed by atoms with Gasteiger partial charge in [0.2, 0.25) is 5.91 Å². The van der Waals surface area contributed by atoms with E-state index in [4.69, 9.17) is 0 Å². The van der Waals surface area contributed by atoms with E-state index < -0.39 is 0 Å². The normalized spacial score (nSPS) is 10.1. The van der Waals surface area contributed by atoms with Gasteiger partial charge in [-0.15, -0.1) is 0 Å². The summed E-state index contributed by atoms with van der Waals surface area (Å²) in [5, 5.41) is 4.20. The van der Waals surface area contributed by atoms with Crippen LogP contribution in [-0.2, 0) is 11.3 Å². The van der Waals surface area contributed by atoms with Gasteiger partial charge >= 0.3 is 0 Å². The van der Waals surface area contributed by atoms with Crippen LogP contribution in [0.15, 0.2) is 53.7 Å². The summed E-state index contributed by atoms with van der Waals surface area (Å²) in [6, 6.07) is 10.4. The van der Waals surface area contributed by atoms with Crippen molar-refractivity contribution in [3.8, 4) is 11.1 Å². The largest absolute Gasteiger partial charge is 0.338 e. The summed E-state index contributed by atoms with van der Waals surface area (Å²) < 4.78 is 0. The van der Waals surface area contributed by atoms with Crippen LogP contribution < -0.4 is 0 Å². The SMILES string of the molecule is C=CC(=O)N(C)Cc1ccc(-c2ccsc2)cc1. The van der Waals surface area contributed by atoms with Crippen molar-refractivity contribution in [3.05, 3.63) is 59.3 Å². The van der Waals surface area contributed by atoms with Crippen molar-refractivity contribution in [2.45, 2.75) is 6.54 Å². The lowest BCUT2D eigenvalue weighted by molar-refractivity contribution is -0.125. The third-order valence-corrected chi connectivity index (χ3v) is 3.46. The highest BCUT2D eigenvalue weighted by Gasteiger charge is 2.05. The highest BCUT2D eigenvalue weighted by molar-refractivity contribution is 7.08. The Morgan fingerprint density at radius 1 is 1.28 bits per heavy atom. The minimum Gasteiger partial charge on any atom is -0.338 e. The molecule has 0 bridgehead atoms. The van der Waals surface area contributed by atoms with Crippen LogP contribution in [0.3, 0.4) is 0 Å². The molecule has 2 aromatic rings. The Morgan fingerprint density at radius 3 is 2.56 bits per heavy atom. The molecule has 0 radical (unpaired) electrons. The lowest BCUT2D eigenvalue weighted by atomic mass is 10.1. The quantitative estimate of drug-likeness (QED) is 0.767. The summed E-state index contributed by atoms with van der Waals surface area (Å²) in [7, 11) is 1.77. The molecule has 18 heavy (non-hydrogen) atoms. The summed E-state index contributed by atoms with van der Waals surface area (Å²) >= 11 is 1.69. The van der Waals surface area contributed by atoms with Crippen LogP contribution in [0.4, 0.5) is 0 Å². The van der Waals surface area contributed by atoms with Crippen molar-refractivity contribution in [2.75, 3.05) is 7.05 Å². The first-order chi connectivity index (χ1) is 8.70. The predicted molar refractivity (Wildman–Crippen MR) is 76.4 cm³/mol. The smallest absolute Gasteiger partial charge is 0.245 e. The first kappa shape index (κ1) is 12.6. The van der Waals surface area contributed by atoms with Crippen molar-refractivity contribution in [1.82, 2.24) is 4.90 Å². The highest BCUT2D eigenvalue weighted by atomic mass is 32.1. The van der Waals surface area contributed by atoms with Crippen LogP contribution in [-0.4, -0.2) is 17.9 Å². The van der Waals surface area contributed by atoms with E-state index in [0.29, 0.717) is 6.54 Å². The summed E-state index contributed by atoms with van der Waals surface area (Å²) in [4.78, 5) is 13.0. The molecule has 2 rings (SSSR count). The average molecular weight is 257 g/mol. The van der Waals surface area contributed by atoms with Gasteiger partial charge in [0.15, 0.2) is 0 Å².